The van der Waals surface area contributed by atoms with E-state index in [-0.39, 0.29) is 36.6 Å². The van der Waals surface area contributed by atoms with Crippen LogP contribution in [0.25, 0.3) is 0 Å². The molecule has 1 aliphatic rings. The molecule has 1 saturated carbocycles. The minimum absolute atomic E-state index is 0. The molecule has 3 heteroatoms. The normalized spacial score (nSPS) is 19.8. The molecule has 1 radical (unpaired) electrons. The Morgan fingerprint density at radius 3 is 1.85 bits per heavy atom. The van der Waals surface area contributed by atoms with Gasteiger partial charge in [0, 0.05) is 0 Å². The predicted octanol–water partition coefficient (Wildman–Crippen LogP) is 9.29. The van der Waals surface area contributed by atoms with Crippen LogP contribution in [0, 0.1) is 25.9 Å². The first-order valence-corrected chi connectivity index (χ1v) is 13.5. The second-order valence-corrected chi connectivity index (χ2v) is 11.5. The first-order chi connectivity index (χ1) is 11.7. The molecule has 1 rings (SSSR count). The molecule has 3 unspecified atom stereocenters. The van der Waals surface area contributed by atoms with Crippen LogP contribution in [0.2, 0.25) is 0 Å². The van der Waals surface area contributed by atoms with E-state index in [4.69, 9.17) is 0 Å². The smallest absolute Gasteiger partial charge is 0.358 e. The molecule has 0 N–H and O–H groups in total. The van der Waals surface area contributed by atoms with Crippen molar-refractivity contribution in [3.8, 4) is 0 Å². The fraction of sp³-hybridized carbons (Fsp3) is 0.875. The maximum Gasteiger partial charge on any atom is 3.00 e. The zero-order valence-electron chi connectivity index (χ0n) is 19.7. The van der Waals surface area contributed by atoms with Crippen LogP contribution in [0.5, 0.6) is 0 Å². The van der Waals surface area contributed by atoms with Crippen molar-refractivity contribution in [3.05, 3.63) is 20.5 Å². The fourth-order valence-corrected chi connectivity index (χ4v) is 8.22. The van der Waals surface area contributed by atoms with Gasteiger partial charge in [-0.05, 0) is 24.7 Å². The molecular formula is C24H51P2Ti. The Bertz CT molecular complexity index is 268. The molecule has 0 heterocycles. The molecule has 0 aliphatic heterocycles. The van der Waals surface area contributed by atoms with Crippen molar-refractivity contribution in [1.82, 2.24) is 0 Å². The van der Waals surface area contributed by atoms with Gasteiger partial charge in [-0.3, -0.25) is 14.2 Å². The van der Waals surface area contributed by atoms with E-state index < -0.39 is 0 Å². The number of rotatable bonds is 14. The molecule has 1 fully saturated rings. The van der Waals surface area contributed by atoms with Crippen molar-refractivity contribution in [2.45, 2.75) is 117 Å². The third-order valence-corrected chi connectivity index (χ3v) is 8.86. The zero-order valence-corrected chi connectivity index (χ0v) is 23.2. The summed E-state index contributed by atoms with van der Waals surface area (Å²) in [5.41, 5.74) is 3.74. The second-order valence-electron chi connectivity index (χ2n) is 8.18. The summed E-state index contributed by atoms with van der Waals surface area (Å²) in [6.07, 6.45) is 21.9. The largest absolute Gasteiger partial charge is 3.00 e. The molecule has 0 aromatic rings. The van der Waals surface area contributed by atoms with Gasteiger partial charge in [-0.25, -0.2) is 0 Å². The van der Waals surface area contributed by atoms with E-state index in [0.717, 1.165) is 5.66 Å². The van der Waals surface area contributed by atoms with Gasteiger partial charge < -0.3 is 14.9 Å². The van der Waals surface area contributed by atoms with Gasteiger partial charge in [0.15, 0.2) is 0 Å². The minimum Gasteiger partial charge on any atom is -0.358 e. The molecule has 1 aliphatic carbocycles. The molecule has 0 aromatic heterocycles. The molecule has 0 amide bonds. The first kappa shape index (κ1) is 33.2. The quantitative estimate of drug-likeness (QED) is 0.107. The molecule has 27 heavy (non-hydrogen) atoms. The Kier molecular flexibility index (Phi) is 25.6. The molecule has 161 valence electrons. The van der Waals surface area contributed by atoms with E-state index in [1.807, 2.05) is 5.66 Å². The monoisotopic (exact) mass is 449 g/mol. The van der Waals surface area contributed by atoms with Crippen molar-refractivity contribution in [3.63, 3.8) is 0 Å². The van der Waals surface area contributed by atoms with Crippen LogP contribution in [0.3, 0.4) is 0 Å². The van der Waals surface area contributed by atoms with Crippen LogP contribution in [0.4, 0.5) is 0 Å². The maximum atomic E-state index is 2.38. The Morgan fingerprint density at radius 2 is 1.33 bits per heavy atom. The summed E-state index contributed by atoms with van der Waals surface area (Å²) in [6, 6.07) is 0. The number of hydrogen-bond donors (Lipinski definition) is 0. The van der Waals surface area contributed by atoms with Crippen LogP contribution >= 0.6 is 17.2 Å². The molecule has 0 aromatic carbocycles. The Labute approximate surface area is 193 Å². The topological polar surface area (TPSA) is 0 Å². The van der Waals surface area contributed by atoms with Gasteiger partial charge in [-0.2, -0.15) is 12.8 Å². The van der Waals surface area contributed by atoms with Gasteiger partial charge in [-0.15, -0.1) is 8.58 Å². The van der Waals surface area contributed by atoms with Gasteiger partial charge >= 0.3 is 21.7 Å². The van der Waals surface area contributed by atoms with E-state index >= 15 is 0 Å². The first-order valence-electron chi connectivity index (χ1n) is 11.0. The molecular weight excluding hydrogens is 398 g/mol. The van der Waals surface area contributed by atoms with Crippen LogP contribution < -0.4 is 0 Å². The average Bonchev–Trinajstić information content (AvgIpc) is 2.59. The van der Waals surface area contributed by atoms with Crippen molar-refractivity contribution < 1.29 is 21.7 Å². The zero-order chi connectivity index (χ0) is 17.7. The third-order valence-electron chi connectivity index (χ3n) is 5.75. The van der Waals surface area contributed by atoms with E-state index in [1.54, 1.807) is 6.42 Å². The third kappa shape index (κ3) is 14.3. The molecule has 0 spiro atoms. The summed E-state index contributed by atoms with van der Waals surface area (Å²) in [5.74, 6) is 0. The Balaban J connectivity index is -0.00000192. The van der Waals surface area contributed by atoms with E-state index in [9.17, 15) is 0 Å². The maximum absolute atomic E-state index is 2.38. The predicted molar refractivity (Wildman–Crippen MR) is 131 cm³/mol. The summed E-state index contributed by atoms with van der Waals surface area (Å²) in [5, 5.41) is 0. The summed E-state index contributed by atoms with van der Waals surface area (Å²) in [4.78, 5) is 0. The number of unbranched alkanes of at least 4 members (excludes halogenated alkanes) is 4. The van der Waals surface area contributed by atoms with Crippen LogP contribution in [-0.4, -0.2) is 18.0 Å². The van der Waals surface area contributed by atoms with Crippen LogP contribution in [0.1, 0.15) is 111 Å². The van der Waals surface area contributed by atoms with Crippen LogP contribution in [-0.2, 0) is 21.7 Å². The minimum atomic E-state index is 0. The Hall–Kier alpha value is 1.57. The summed E-state index contributed by atoms with van der Waals surface area (Å²) < 4.78 is 0. The van der Waals surface area contributed by atoms with E-state index in [2.05, 4.69) is 27.7 Å². The van der Waals surface area contributed by atoms with Crippen LogP contribution in [0.15, 0.2) is 0 Å². The van der Waals surface area contributed by atoms with Gasteiger partial charge in [0.1, 0.15) is 0 Å². The van der Waals surface area contributed by atoms with Crippen molar-refractivity contribution in [2.75, 3.05) is 12.3 Å². The Morgan fingerprint density at radius 1 is 0.815 bits per heavy atom. The average molecular weight is 449 g/mol. The standard InChI is InChI=1S/C22H45P2.2CH3.Ti/c1-5-9-13-22(14-10-6-2)18-20(23-15-11-7-3)17-21(19-22)24-16-12-8-4;;;/h20,23-24H,5-19H2,1-4H3;2*1H3;/q3*-1;+3. The van der Waals surface area contributed by atoms with E-state index in [0.29, 0.717) is 5.41 Å². The van der Waals surface area contributed by atoms with Gasteiger partial charge in [0.25, 0.3) is 0 Å². The van der Waals surface area contributed by atoms with Crippen molar-refractivity contribution in [1.29, 1.82) is 0 Å². The molecule has 0 nitrogen and oxygen atoms in total. The molecule has 0 saturated heterocycles. The van der Waals surface area contributed by atoms with Crippen molar-refractivity contribution >= 4 is 17.2 Å². The molecule has 0 bridgehead atoms. The van der Waals surface area contributed by atoms with Gasteiger partial charge in [-0.1, -0.05) is 97.1 Å². The second kappa shape index (κ2) is 20.8. The van der Waals surface area contributed by atoms with E-state index in [1.165, 1.54) is 107 Å². The fourth-order valence-electron chi connectivity index (χ4n) is 4.30. The van der Waals surface area contributed by atoms with Gasteiger partial charge in [0.2, 0.25) is 0 Å². The summed E-state index contributed by atoms with van der Waals surface area (Å²) in [7, 11) is 2.42. The number of hydrogen-bond acceptors (Lipinski definition) is 0. The van der Waals surface area contributed by atoms with Crippen molar-refractivity contribution in [2.24, 2.45) is 5.41 Å². The summed E-state index contributed by atoms with van der Waals surface area (Å²) in [6.45, 7) is 9.45. The SMILES string of the molecule is CCCCP[C-]1CC(PCCCC)CC(CCCC)(CCCC)C1.[CH3-].[CH3-].[Ti+3]. The summed E-state index contributed by atoms with van der Waals surface area (Å²) >= 11 is 0. The molecule has 3 atom stereocenters. The van der Waals surface area contributed by atoms with Gasteiger partial charge in [0.05, 0.1) is 0 Å².